The summed E-state index contributed by atoms with van der Waals surface area (Å²) in [5, 5.41) is 3.19. The number of likely N-dealkylation sites (N-methyl/N-ethyl adjacent to an activating group) is 1. The molecule has 72 valence electrons. The van der Waals surface area contributed by atoms with Gasteiger partial charge in [-0.15, -0.1) is 0 Å². The van der Waals surface area contributed by atoms with Gasteiger partial charge >= 0.3 is 0 Å². The van der Waals surface area contributed by atoms with Gasteiger partial charge < -0.3 is 15.0 Å². The normalized spacial score (nSPS) is 18.2. The van der Waals surface area contributed by atoms with Crippen molar-refractivity contribution in [1.82, 2.24) is 10.2 Å². The van der Waals surface area contributed by atoms with Crippen molar-refractivity contribution >= 4 is 0 Å². The van der Waals surface area contributed by atoms with Crippen LogP contribution in [0.2, 0.25) is 0 Å². The van der Waals surface area contributed by atoms with Gasteiger partial charge in [-0.1, -0.05) is 13.8 Å². The summed E-state index contributed by atoms with van der Waals surface area (Å²) in [6.45, 7) is 10.7. The SMILES string of the molecule is CCN(CC)CCOC1CNC1. The van der Waals surface area contributed by atoms with Crippen LogP contribution in [0.5, 0.6) is 0 Å². The molecule has 0 saturated carbocycles. The Hall–Kier alpha value is -0.120. The van der Waals surface area contributed by atoms with E-state index in [0.29, 0.717) is 6.10 Å². The fraction of sp³-hybridized carbons (Fsp3) is 1.00. The first-order valence-corrected chi connectivity index (χ1v) is 4.91. The number of hydrogen-bond donors (Lipinski definition) is 1. The molecular weight excluding hydrogens is 152 g/mol. The van der Waals surface area contributed by atoms with E-state index in [0.717, 1.165) is 39.3 Å². The van der Waals surface area contributed by atoms with Crippen LogP contribution in [0.3, 0.4) is 0 Å². The summed E-state index contributed by atoms with van der Waals surface area (Å²) in [5.41, 5.74) is 0. The van der Waals surface area contributed by atoms with Crippen LogP contribution in [0.15, 0.2) is 0 Å². The minimum atomic E-state index is 0.487. The van der Waals surface area contributed by atoms with E-state index in [1.54, 1.807) is 0 Å². The van der Waals surface area contributed by atoms with Crippen LogP contribution in [0, 0.1) is 0 Å². The molecule has 0 radical (unpaired) electrons. The zero-order valence-corrected chi connectivity index (χ0v) is 8.18. The average Bonchev–Trinajstić information content (AvgIpc) is 2.02. The van der Waals surface area contributed by atoms with E-state index in [-0.39, 0.29) is 0 Å². The van der Waals surface area contributed by atoms with Gasteiger partial charge in [-0.25, -0.2) is 0 Å². The predicted molar refractivity (Wildman–Crippen MR) is 50.4 cm³/mol. The first-order chi connectivity index (χ1) is 5.86. The Morgan fingerprint density at radius 1 is 1.33 bits per heavy atom. The van der Waals surface area contributed by atoms with E-state index in [4.69, 9.17) is 4.74 Å². The molecule has 1 fully saturated rings. The lowest BCUT2D eigenvalue weighted by Gasteiger charge is -2.28. The predicted octanol–water partition coefficient (Wildman–Crippen LogP) is 0.317. The monoisotopic (exact) mass is 172 g/mol. The number of rotatable bonds is 6. The molecule has 1 aliphatic heterocycles. The quantitative estimate of drug-likeness (QED) is 0.624. The van der Waals surface area contributed by atoms with Crippen LogP contribution in [0.4, 0.5) is 0 Å². The first-order valence-electron chi connectivity index (χ1n) is 4.91. The molecule has 1 rings (SSSR count). The molecule has 0 aromatic carbocycles. The minimum absolute atomic E-state index is 0.487. The van der Waals surface area contributed by atoms with Crippen molar-refractivity contribution in [2.45, 2.75) is 20.0 Å². The van der Waals surface area contributed by atoms with E-state index in [1.807, 2.05) is 0 Å². The van der Waals surface area contributed by atoms with Crippen LogP contribution in [0.1, 0.15) is 13.8 Å². The summed E-state index contributed by atoms with van der Waals surface area (Å²) in [6, 6.07) is 0. The van der Waals surface area contributed by atoms with Crippen LogP contribution >= 0.6 is 0 Å². The summed E-state index contributed by atoms with van der Waals surface area (Å²) in [5.74, 6) is 0. The second kappa shape index (κ2) is 5.51. The smallest absolute Gasteiger partial charge is 0.0824 e. The number of hydrogen-bond acceptors (Lipinski definition) is 3. The van der Waals surface area contributed by atoms with E-state index in [2.05, 4.69) is 24.1 Å². The van der Waals surface area contributed by atoms with Crippen LogP contribution in [0.25, 0.3) is 0 Å². The minimum Gasteiger partial charge on any atom is -0.374 e. The molecule has 0 unspecified atom stereocenters. The zero-order valence-electron chi connectivity index (χ0n) is 8.18. The Balaban J connectivity index is 1.92. The average molecular weight is 172 g/mol. The third-order valence-electron chi connectivity index (χ3n) is 2.40. The van der Waals surface area contributed by atoms with Crippen LogP contribution in [-0.4, -0.2) is 50.3 Å². The maximum atomic E-state index is 5.61. The van der Waals surface area contributed by atoms with Gasteiger partial charge in [-0.3, -0.25) is 0 Å². The molecule has 1 N–H and O–H groups in total. The number of nitrogens with zero attached hydrogens (tertiary/aromatic N) is 1. The van der Waals surface area contributed by atoms with Crippen molar-refractivity contribution in [3.63, 3.8) is 0 Å². The molecule has 0 aromatic heterocycles. The molecule has 0 atom stereocenters. The molecule has 0 aliphatic carbocycles. The van der Waals surface area contributed by atoms with Gasteiger partial charge in [0.15, 0.2) is 0 Å². The molecule has 3 nitrogen and oxygen atoms in total. The topological polar surface area (TPSA) is 24.5 Å². The van der Waals surface area contributed by atoms with Crippen molar-refractivity contribution < 1.29 is 4.74 Å². The number of nitrogens with one attached hydrogen (secondary N) is 1. The van der Waals surface area contributed by atoms with Gasteiger partial charge in [0, 0.05) is 19.6 Å². The Labute approximate surface area is 75.1 Å². The Bertz CT molecular complexity index is 111. The highest BCUT2D eigenvalue weighted by Gasteiger charge is 2.16. The van der Waals surface area contributed by atoms with Gasteiger partial charge in [0.1, 0.15) is 0 Å². The van der Waals surface area contributed by atoms with Crippen molar-refractivity contribution in [2.24, 2.45) is 0 Å². The maximum absolute atomic E-state index is 5.61. The summed E-state index contributed by atoms with van der Waals surface area (Å²) in [7, 11) is 0. The molecule has 1 aliphatic rings. The second-order valence-corrected chi connectivity index (χ2v) is 3.18. The van der Waals surface area contributed by atoms with Crippen molar-refractivity contribution in [3.05, 3.63) is 0 Å². The number of ether oxygens (including phenoxy) is 1. The molecule has 0 amide bonds. The summed E-state index contributed by atoms with van der Waals surface area (Å²) in [4.78, 5) is 2.38. The lowest BCUT2D eigenvalue weighted by Crippen LogP contribution is -2.49. The highest BCUT2D eigenvalue weighted by Crippen LogP contribution is 1.97. The molecule has 0 aromatic rings. The standard InChI is InChI=1S/C9H20N2O/c1-3-11(4-2)5-6-12-9-7-10-8-9/h9-10H,3-8H2,1-2H3. The fourth-order valence-corrected chi connectivity index (χ4v) is 1.27. The van der Waals surface area contributed by atoms with Crippen molar-refractivity contribution in [2.75, 3.05) is 39.3 Å². The van der Waals surface area contributed by atoms with Crippen molar-refractivity contribution in [3.8, 4) is 0 Å². The van der Waals surface area contributed by atoms with Gasteiger partial charge in [-0.05, 0) is 13.1 Å². The highest BCUT2D eigenvalue weighted by molar-refractivity contribution is 4.74. The van der Waals surface area contributed by atoms with Gasteiger partial charge in [0.25, 0.3) is 0 Å². The maximum Gasteiger partial charge on any atom is 0.0824 e. The van der Waals surface area contributed by atoms with E-state index in [1.165, 1.54) is 0 Å². The molecule has 0 spiro atoms. The van der Waals surface area contributed by atoms with E-state index >= 15 is 0 Å². The van der Waals surface area contributed by atoms with E-state index < -0.39 is 0 Å². The largest absolute Gasteiger partial charge is 0.374 e. The molecule has 0 bridgehead atoms. The van der Waals surface area contributed by atoms with Crippen LogP contribution in [-0.2, 0) is 4.74 Å². The van der Waals surface area contributed by atoms with E-state index in [9.17, 15) is 0 Å². The molecule has 1 saturated heterocycles. The Morgan fingerprint density at radius 3 is 2.42 bits per heavy atom. The summed E-state index contributed by atoms with van der Waals surface area (Å²) >= 11 is 0. The second-order valence-electron chi connectivity index (χ2n) is 3.18. The van der Waals surface area contributed by atoms with Gasteiger partial charge in [0.2, 0.25) is 0 Å². The third kappa shape index (κ3) is 3.09. The van der Waals surface area contributed by atoms with Gasteiger partial charge in [-0.2, -0.15) is 0 Å². The van der Waals surface area contributed by atoms with Crippen molar-refractivity contribution in [1.29, 1.82) is 0 Å². The molecule has 1 heterocycles. The fourth-order valence-electron chi connectivity index (χ4n) is 1.27. The lowest BCUT2D eigenvalue weighted by molar-refractivity contribution is 0.00874. The summed E-state index contributed by atoms with van der Waals surface area (Å²) < 4.78 is 5.61. The van der Waals surface area contributed by atoms with Crippen LogP contribution < -0.4 is 5.32 Å². The Morgan fingerprint density at radius 2 is 2.00 bits per heavy atom. The zero-order chi connectivity index (χ0) is 8.81. The first kappa shape index (κ1) is 9.96. The van der Waals surface area contributed by atoms with Gasteiger partial charge in [0.05, 0.1) is 12.7 Å². The molecule has 12 heavy (non-hydrogen) atoms. The third-order valence-corrected chi connectivity index (χ3v) is 2.40. The lowest BCUT2D eigenvalue weighted by atomic mass is 10.2. The Kier molecular flexibility index (Phi) is 4.58. The molecule has 3 heteroatoms. The summed E-state index contributed by atoms with van der Waals surface area (Å²) in [6.07, 6.45) is 0.487. The highest BCUT2D eigenvalue weighted by atomic mass is 16.5. The molecular formula is C9H20N2O.